The largest absolute Gasteiger partial charge is 0.350 e. The second-order valence-electron chi connectivity index (χ2n) is 9.73. The van der Waals surface area contributed by atoms with E-state index in [1.54, 1.807) is 13.0 Å². The van der Waals surface area contributed by atoms with Crippen LogP contribution in [-0.2, 0) is 5.67 Å². The van der Waals surface area contributed by atoms with Gasteiger partial charge >= 0.3 is 0 Å². The molecule has 4 heterocycles. The number of alkyl halides is 3. The number of benzene rings is 1. The molecule has 0 unspecified atom stereocenters. The molecule has 1 aromatic carbocycles. The van der Waals surface area contributed by atoms with E-state index >= 15 is 8.78 Å². The lowest BCUT2D eigenvalue weighted by molar-refractivity contribution is 0.0491. The number of carbonyl (C=O) groups excluding carboxylic acids is 1. The van der Waals surface area contributed by atoms with E-state index in [1.807, 2.05) is 0 Å². The molecule has 0 bridgehead atoms. The molecule has 0 saturated carbocycles. The van der Waals surface area contributed by atoms with Gasteiger partial charge in [0.15, 0.2) is 17.2 Å². The van der Waals surface area contributed by atoms with Crippen LogP contribution in [0.1, 0.15) is 35.5 Å². The number of pyridine rings is 1. The van der Waals surface area contributed by atoms with E-state index in [4.69, 9.17) is 0 Å². The van der Waals surface area contributed by atoms with Gasteiger partial charge in [0.1, 0.15) is 17.2 Å². The van der Waals surface area contributed by atoms with Gasteiger partial charge in [-0.25, -0.2) is 22.5 Å². The van der Waals surface area contributed by atoms with Gasteiger partial charge in [-0.15, -0.1) is 4.80 Å². The van der Waals surface area contributed by atoms with E-state index in [0.29, 0.717) is 11.3 Å². The number of aryl methyl sites for hydroxylation is 1. The first kappa shape index (κ1) is 23.3. The standard InChI is InChI=1S/C24H24F4N6O/c1-15-9-16(22(2,3)26)10-19(31-15)32-11-23(27)13-33(14-24(23,28)12-32)21(35)17-5-4-6-18(25)20(17)34-29-7-8-30-34/h4-10H,11-14H2,1-3H3/t23-,24+. The van der Waals surface area contributed by atoms with Crippen LogP contribution in [-0.4, -0.2) is 68.3 Å². The van der Waals surface area contributed by atoms with Crippen LogP contribution in [0, 0.1) is 12.7 Å². The molecule has 2 fully saturated rings. The normalized spacial score (nSPS) is 24.2. The van der Waals surface area contributed by atoms with Crippen molar-refractivity contribution in [2.24, 2.45) is 0 Å². The number of nitrogens with zero attached hydrogens (tertiary/aromatic N) is 6. The maximum Gasteiger partial charge on any atom is 0.256 e. The van der Waals surface area contributed by atoms with E-state index in [1.165, 1.54) is 49.3 Å². The van der Waals surface area contributed by atoms with Gasteiger partial charge < -0.3 is 9.80 Å². The van der Waals surface area contributed by atoms with Crippen molar-refractivity contribution in [1.82, 2.24) is 24.9 Å². The van der Waals surface area contributed by atoms with Crippen LogP contribution in [0.25, 0.3) is 5.69 Å². The van der Waals surface area contributed by atoms with Gasteiger partial charge in [-0.2, -0.15) is 10.2 Å². The maximum atomic E-state index is 16.0. The van der Waals surface area contributed by atoms with E-state index in [-0.39, 0.29) is 30.2 Å². The zero-order chi connectivity index (χ0) is 25.2. The minimum absolute atomic E-state index is 0.0969. The Bertz CT molecular complexity index is 1270. The summed E-state index contributed by atoms with van der Waals surface area (Å²) in [7, 11) is 0. The highest BCUT2D eigenvalue weighted by atomic mass is 19.2. The molecule has 11 heteroatoms. The maximum absolute atomic E-state index is 16.0. The topological polar surface area (TPSA) is 67.2 Å². The van der Waals surface area contributed by atoms with Gasteiger partial charge in [0.2, 0.25) is 0 Å². The molecule has 0 radical (unpaired) electrons. The number of anilines is 1. The summed E-state index contributed by atoms with van der Waals surface area (Å²) in [5.74, 6) is -1.18. The van der Waals surface area contributed by atoms with Gasteiger partial charge in [0.05, 0.1) is 44.1 Å². The number of likely N-dealkylation sites (tertiary alicyclic amines) is 1. The van der Waals surface area contributed by atoms with Gasteiger partial charge in [-0.1, -0.05) is 6.07 Å². The third kappa shape index (κ3) is 3.82. The van der Waals surface area contributed by atoms with Crippen molar-refractivity contribution >= 4 is 11.7 Å². The first-order valence-corrected chi connectivity index (χ1v) is 11.2. The Labute approximate surface area is 199 Å². The van der Waals surface area contributed by atoms with Gasteiger partial charge in [0, 0.05) is 5.69 Å². The highest BCUT2D eigenvalue weighted by Crippen LogP contribution is 2.46. The summed E-state index contributed by atoms with van der Waals surface area (Å²) in [6.45, 7) is 2.75. The van der Waals surface area contributed by atoms with Crippen molar-refractivity contribution in [3.05, 3.63) is 65.4 Å². The Morgan fingerprint density at radius 1 is 1.03 bits per heavy atom. The molecule has 7 nitrogen and oxygen atoms in total. The molecule has 0 N–H and O–H groups in total. The summed E-state index contributed by atoms with van der Waals surface area (Å²) in [5.41, 5.74) is -5.79. The molecule has 3 aromatic rings. The highest BCUT2D eigenvalue weighted by Gasteiger charge is 2.66. The number of para-hydroxylation sites is 1. The van der Waals surface area contributed by atoms with Crippen molar-refractivity contribution in [3.63, 3.8) is 0 Å². The summed E-state index contributed by atoms with van der Waals surface area (Å²) in [6, 6.07) is 6.97. The number of fused-ring (bicyclic) bond motifs is 1. The molecule has 2 atom stereocenters. The second-order valence-corrected chi connectivity index (χ2v) is 9.73. The molecule has 0 aliphatic carbocycles. The minimum atomic E-state index is -2.38. The van der Waals surface area contributed by atoms with Crippen molar-refractivity contribution in [1.29, 1.82) is 0 Å². The smallest absolute Gasteiger partial charge is 0.256 e. The average molecular weight is 488 g/mol. The second kappa shape index (κ2) is 7.76. The molecule has 0 spiro atoms. The predicted molar refractivity (Wildman–Crippen MR) is 120 cm³/mol. The molecule has 5 rings (SSSR count). The van der Waals surface area contributed by atoms with Crippen LogP contribution in [0.5, 0.6) is 0 Å². The summed E-state index contributed by atoms with van der Waals surface area (Å²) >= 11 is 0. The Balaban J connectivity index is 1.41. The monoisotopic (exact) mass is 488 g/mol. The summed E-state index contributed by atoms with van der Waals surface area (Å²) in [4.78, 5) is 21.1. The fourth-order valence-electron chi connectivity index (χ4n) is 4.84. The van der Waals surface area contributed by atoms with E-state index < -0.39 is 41.8 Å². The Kier molecular flexibility index (Phi) is 5.15. The van der Waals surface area contributed by atoms with Crippen LogP contribution < -0.4 is 4.90 Å². The quantitative estimate of drug-likeness (QED) is 0.524. The SMILES string of the molecule is Cc1cc(C(C)(C)F)cc(N2C[C@]3(F)CN(C(=O)c4cccc(F)c4-n4nccn4)C[C@]3(F)C2)n1. The number of amides is 1. The third-order valence-corrected chi connectivity index (χ3v) is 6.64. The highest BCUT2D eigenvalue weighted by molar-refractivity contribution is 5.98. The summed E-state index contributed by atoms with van der Waals surface area (Å²) in [5, 5.41) is 7.77. The lowest BCUT2D eigenvalue weighted by atomic mass is 9.94. The first-order valence-electron chi connectivity index (χ1n) is 11.2. The Hall–Kier alpha value is -3.50. The van der Waals surface area contributed by atoms with Crippen molar-refractivity contribution in [2.45, 2.75) is 37.8 Å². The third-order valence-electron chi connectivity index (χ3n) is 6.64. The number of carbonyl (C=O) groups is 1. The number of aromatic nitrogens is 4. The first-order chi connectivity index (χ1) is 16.4. The summed E-state index contributed by atoms with van der Waals surface area (Å²) in [6.07, 6.45) is 2.66. The van der Waals surface area contributed by atoms with Crippen LogP contribution in [0.2, 0.25) is 0 Å². The average Bonchev–Trinajstić information content (AvgIpc) is 3.44. The number of hydrogen-bond donors (Lipinski definition) is 0. The van der Waals surface area contributed by atoms with Gasteiger partial charge in [0.25, 0.3) is 5.91 Å². The van der Waals surface area contributed by atoms with E-state index in [9.17, 15) is 13.6 Å². The molecular weight excluding hydrogens is 464 g/mol. The fraction of sp³-hybridized carbons (Fsp3) is 0.417. The zero-order valence-corrected chi connectivity index (χ0v) is 19.5. The van der Waals surface area contributed by atoms with Crippen LogP contribution in [0.15, 0.2) is 42.7 Å². The van der Waals surface area contributed by atoms with Crippen molar-refractivity contribution in [3.8, 4) is 5.69 Å². The van der Waals surface area contributed by atoms with Crippen molar-refractivity contribution in [2.75, 3.05) is 31.1 Å². The molecule has 1 amide bonds. The lowest BCUT2D eigenvalue weighted by Crippen LogP contribution is -2.44. The number of hydrogen-bond acceptors (Lipinski definition) is 5. The summed E-state index contributed by atoms with van der Waals surface area (Å²) < 4.78 is 61.1. The van der Waals surface area contributed by atoms with Crippen molar-refractivity contribution < 1.29 is 22.4 Å². The van der Waals surface area contributed by atoms with E-state index in [2.05, 4.69) is 15.2 Å². The molecule has 2 saturated heterocycles. The Morgan fingerprint density at radius 2 is 1.66 bits per heavy atom. The van der Waals surface area contributed by atoms with Crippen LogP contribution in [0.3, 0.4) is 0 Å². The molecular formula is C24H24F4N6O. The van der Waals surface area contributed by atoms with E-state index in [0.717, 1.165) is 15.8 Å². The Morgan fingerprint density at radius 3 is 2.26 bits per heavy atom. The van der Waals surface area contributed by atoms with Crippen LogP contribution >= 0.6 is 0 Å². The minimum Gasteiger partial charge on any atom is -0.350 e. The molecule has 184 valence electrons. The zero-order valence-electron chi connectivity index (χ0n) is 19.5. The fourth-order valence-corrected chi connectivity index (χ4v) is 4.84. The molecule has 2 aromatic heterocycles. The molecule has 2 aliphatic heterocycles. The van der Waals surface area contributed by atoms with Gasteiger partial charge in [-0.3, -0.25) is 4.79 Å². The predicted octanol–water partition coefficient (Wildman–Crippen LogP) is 3.71. The molecule has 2 aliphatic rings. The number of rotatable bonds is 4. The lowest BCUT2D eigenvalue weighted by Gasteiger charge is -2.25. The molecule has 35 heavy (non-hydrogen) atoms. The van der Waals surface area contributed by atoms with Crippen LogP contribution in [0.4, 0.5) is 23.4 Å². The van der Waals surface area contributed by atoms with Gasteiger partial charge in [-0.05, 0) is 50.6 Å². The number of halogens is 4.